The Bertz CT molecular complexity index is 406. The van der Waals surface area contributed by atoms with Crippen LogP contribution in [0.3, 0.4) is 0 Å². The summed E-state index contributed by atoms with van der Waals surface area (Å²) in [6.07, 6.45) is 26.9. The summed E-state index contributed by atoms with van der Waals surface area (Å²) >= 11 is 0. The second-order valence-corrected chi connectivity index (χ2v) is 10.5. The molecule has 162 valence electrons. The van der Waals surface area contributed by atoms with Crippen LogP contribution in [-0.4, -0.2) is 12.7 Å². The van der Waals surface area contributed by atoms with Gasteiger partial charge in [0.05, 0.1) is 6.10 Å². The second kappa shape index (κ2) is 12.4. The van der Waals surface area contributed by atoms with Gasteiger partial charge in [-0.25, -0.2) is 0 Å². The molecule has 0 amide bonds. The summed E-state index contributed by atoms with van der Waals surface area (Å²) in [5, 5.41) is 0. The molecule has 0 spiro atoms. The molecular formula is C27H48O. The van der Waals surface area contributed by atoms with Crippen molar-refractivity contribution in [1.82, 2.24) is 0 Å². The van der Waals surface area contributed by atoms with Crippen molar-refractivity contribution in [2.24, 2.45) is 29.6 Å². The van der Waals surface area contributed by atoms with Gasteiger partial charge >= 0.3 is 0 Å². The molecule has 0 aromatic carbocycles. The molecule has 0 unspecified atom stereocenters. The van der Waals surface area contributed by atoms with E-state index in [9.17, 15) is 0 Å². The predicted molar refractivity (Wildman–Crippen MR) is 122 cm³/mol. The summed E-state index contributed by atoms with van der Waals surface area (Å²) in [5.41, 5.74) is 0. The van der Waals surface area contributed by atoms with E-state index < -0.39 is 0 Å². The van der Waals surface area contributed by atoms with E-state index >= 15 is 0 Å². The van der Waals surface area contributed by atoms with Crippen molar-refractivity contribution < 1.29 is 4.74 Å². The zero-order valence-corrected chi connectivity index (χ0v) is 18.9. The third-order valence-electron chi connectivity index (χ3n) is 8.56. The van der Waals surface area contributed by atoms with Crippen LogP contribution in [0.2, 0.25) is 0 Å². The Morgan fingerprint density at radius 3 is 1.82 bits per heavy atom. The maximum absolute atomic E-state index is 6.40. The fourth-order valence-corrected chi connectivity index (χ4v) is 6.48. The normalized spacial score (nSPS) is 36.9. The van der Waals surface area contributed by atoms with Gasteiger partial charge in [0.15, 0.2) is 0 Å². The lowest BCUT2D eigenvalue weighted by Gasteiger charge is -2.38. The molecule has 3 aliphatic carbocycles. The Morgan fingerprint density at radius 1 is 0.714 bits per heavy atom. The molecule has 3 rings (SSSR count). The van der Waals surface area contributed by atoms with Crippen molar-refractivity contribution in [2.45, 2.75) is 122 Å². The topological polar surface area (TPSA) is 9.23 Å². The fraction of sp³-hybridized carbons (Fsp3) is 0.926. The van der Waals surface area contributed by atoms with Crippen LogP contribution in [0.1, 0.15) is 116 Å². The SMILES string of the molecule is C=CCCC1CCC(C2CCC(COC3CCC(CCCC)CC3)CC2)CC1. The molecule has 1 heteroatoms. The van der Waals surface area contributed by atoms with Crippen LogP contribution in [0.25, 0.3) is 0 Å². The van der Waals surface area contributed by atoms with Crippen molar-refractivity contribution in [3.8, 4) is 0 Å². The molecule has 0 radical (unpaired) electrons. The van der Waals surface area contributed by atoms with Crippen molar-refractivity contribution in [2.75, 3.05) is 6.61 Å². The molecule has 3 fully saturated rings. The smallest absolute Gasteiger partial charge is 0.0575 e. The zero-order chi connectivity index (χ0) is 19.6. The van der Waals surface area contributed by atoms with E-state index in [0.29, 0.717) is 6.10 Å². The minimum Gasteiger partial charge on any atom is -0.378 e. The molecule has 0 heterocycles. The average molecular weight is 389 g/mol. The van der Waals surface area contributed by atoms with Crippen LogP contribution < -0.4 is 0 Å². The fourth-order valence-electron chi connectivity index (χ4n) is 6.48. The summed E-state index contributed by atoms with van der Waals surface area (Å²) < 4.78 is 6.40. The molecular weight excluding hydrogens is 340 g/mol. The molecule has 0 aliphatic heterocycles. The molecule has 0 atom stereocenters. The number of hydrogen-bond acceptors (Lipinski definition) is 1. The van der Waals surface area contributed by atoms with Crippen LogP contribution in [0.15, 0.2) is 12.7 Å². The van der Waals surface area contributed by atoms with E-state index in [2.05, 4.69) is 19.6 Å². The van der Waals surface area contributed by atoms with Gasteiger partial charge in [-0.1, -0.05) is 45.1 Å². The van der Waals surface area contributed by atoms with E-state index in [0.717, 1.165) is 36.2 Å². The highest BCUT2D eigenvalue weighted by atomic mass is 16.5. The van der Waals surface area contributed by atoms with E-state index in [-0.39, 0.29) is 0 Å². The van der Waals surface area contributed by atoms with Gasteiger partial charge in [-0.15, -0.1) is 6.58 Å². The van der Waals surface area contributed by atoms with E-state index in [1.807, 2.05) is 0 Å². The summed E-state index contributed by atoms with van der Waals surface area (Å²) in [4.78, 5) is 0. The molecule has 0 saturated heterocycles. The maximum atomic E-state index is 6.40. The molecule has 3 aliphatic rings. The molecule has 0 bridgehead atoms. The largest absolute Gasteiger partial charge is 0.378 e. The Labute approximate surface area is 176 Å². The Kier molecular flexibility index (Phi) is 9.92. The van der Waals surface area contributed by atoms with Crippen LogP contribution in [0.4, 0.5) is 0 Å². The molecule has 0 N–H and O–H groups in total. The van der Waals surface area contributed by atoms with Gasteiger partial charge in [0.2, 0.25) is 0 Å². The Balaban J connectivity index is 1.25. The quantitative estimate of drug-likeness (QED) is 0.342. The lowest BCUT2D eigenvalue weighted by molar-refractivity contribution is -0.0130. The van der Waals surface area contributed by atoms with Gasteiger partial charge in [-0.3, -0.25) is 0 Å². The number of unbranched alkanes of at least 4 members (excludes halogenated alkanes) is 1. The number of hydrogen-bond donors (Lipinski definition) is 0. The van der Waals surface area contributed by atoms with Crippen molar-refractivity contribution in [3.05, 3.63) is 12.7 Å². The van der Waals surface area contributed by atoms with E-state index in [1.54, 1.807) is 0 Å². The summed E-state index contributed by atoms with van der Waals surface area (Å²) in [5.74, 6) is 4.93. The predicted octanol–water partition coefficient (Wildman–Crippen LogP) is 8.33. The minimum atomic E-state index is 0.585. The first-order chi connectivity index (χ1) is 13.8. The van der Waals surface area contributed by atoms with Gasteiger partial charge in [-0.2, -0.15) is 0 Å². The number of allylic oxidation sites excluding steroid dienone is 1. The van der Waals surface area contributed by atoms with Crippen molar-refractivity contribution in [3.63, 3.8) is 0 Å². The highest BCUT2D eigenvalue weighted by molar-refractivity contribution is 4.83. The first-order valence-corrected chi connectivity index (χ1v) is 13.0. The summed E-state index contributed by atoms with van der Waals surface area (Å²) in [6.45, 7) is 7.27. The molecule has 0 aromatic heterocycles. The lowest BCUT2D eigenvalue weighted by Crippen LogP contribution is -2.29. The van der Waals surface area contributed by atoms with Gasteiger partial charge in [-0.05, 0) is 107 Å². The zero-order valence-electron chi connectivity index (χ0n) is 18.9. The summed E-state index contributed by atoms with van der Waals surface area (Å²) in [7, 11) is 0. The highest BCUT2D eigenvalue weighted by Crippen LogP contribution is 2.42. The molecule has 1 nitrogen and oxygen atoms in total. The standard InChI is InChI=1S/C27H48O/c1-3-5-7-22-9-15-25(16-10-22)26-17-11-24(12-18-26)21-28-27-19-13-23(14-20-27)8-6-4-2/h3,22-27H,1,4-21H2,2H3. The third-order valence-corrected chi connectivity index (χ3v) is 8.56. The lowest BCUT2D eigenvalue weighted by atomic mass is 9.69. The monoisotopic (exact) mass is 388 g/mol. The molecule has 28 heavy (non-hydrogen) atoms. The van der Waals surface area contributed by atoms with Crippen LogP contribution in [0.5, 0.6) is 0 Å². The van der Waals surface area contributed by atoms with Gasteiger partial charge < -0.3 is 4.74 Å². The molecule has 3 saturated carbocycles. The number of ether oxygens (including phenoxy) is 1. The maximum Gasteiger partial charge on any atom is 0.0575 e. The van der Waals surface area contributed by atoms with Gasteiger partial charge in [0.1, 0.15) is 0 Å². The Hall–Kier alpha value is -0.300. The first-order valence-electron chi connectivity index (χ1n) is 13.0. The van der Waals surface area contributed by atoms with E-state index in [1.165, 1.54) is 109 Å². The van der Waals surface area contributed by atoms with Crippen molar-refractivity contribution in [1.29, 1.82) is 0 Å². The second-order valence-electron chi connectivity index (χ2n) is 10.5. The first kappa shape index (κ1) is 22.4. The highest BCUT2D eigenvalue weighted by Gasteiger charge is 2.31. The molecule has 0 aromatic rings. The minimum absolute atomic E-state index is 0.585. The van der Waals surface area contributed by atoms with Crippen molar-refractivity contribution >= 4 is 0 Å². The summed E-state index contributed by atoms with van der Waals surface area (Å²) in [6, 6.07) is 0. The average Bonchev–Trinajstić information content (AvgIpc) is 2.76. The van der Waals surface area contributed by atoms with Gasteiger partial charge in [0, 0.05) is 6.61 Å². The third kappa shape index (κ3) is 7.19. The van der Waals surface area contributed by atoms with Crippen LogP contribution in [0, 0.1) is 29.6 Å². The van der Waals surface area contributed by atoms with E-state index in [4.69, 9.17) is 4.74 Å². The van der Waals surface area contributed by atoms with Gasteiger partial charge in [0.25, 0.3) is 0 Å². The van der Waals surface area contributed by atoms with Crippen LogP contribution >= 0.6 is 0 Å². The Morgan fingerprint density at radius 2 is 1.25 bits per heavy atom. The number of rotatable bonds is 10. The van der Waals surface area contributed by atoms with Crippen LogP contribution in [-0.2, 0) is 4.74 Å².